The molecule has 0 fully saturated rings. The van der Waals surface area contributed by atoms with Crippen molar-refractivity contribution < 1.29 is 9.53 Å². The van der Waals surface area contributed by atoms with Crippen LogP contribution in [-0.2, 0) is 9.53 Å². The number of hydrogen-bond donors (Lipinski definition) is 0. The Morgan fingerprint density at radius 1 is 1.50 bits per heavy atom. The van der Waals surface area contributed by atoms with Crippen molar-refractivity contribution in [1.82, 2.24) is 0 Å². The van der Waals surface area contributed by atoms with E-state index >= 15 is 0 Å². The van der Waals surface area contributed by atoms with E-state index in [1.165, 1.54) is 6.26 Å². The van der Waals surface area contributed by atoms with Gasteiger partial charge in [-0.1, -0.05) is 37.3 Å². The Hall–Kier alpha value is -1.82. The highest BCUT2D eigenvalue weighted by atomic mass is 16.5. The largest absolute Gasteiger partial charge is 0.350 e. The zero-order valence-electron chi connectivity index (χ0n) is 7.93. The van der Waals surface area contributed by atoms with Gasteiger partial charge in [0.1, 0.15) is 0 Å². The molecule has 0 aliphatic rings. The number of ether oxygens (including phenoxy) is 1. The van der Waals surface area contributed by atoms with Crippen molar-refractivity contribution in [3.63, 3.8) is 0 Å². The summed E-state index contributed by atoms with van der Waals surface area (Å²) in [6, 6.07) is 9.31. The first-order valence-corrected chi connectivity index (χ1v) is 4.44. The van der Waals surface area contributed by atoms with Gasteiger partial charge in [-0.3, -0.25) is 4.79 Å². The van der Waals surface area contributed by atoms with Crippen molar-refractivity contribution in [1.29, 1.82) is 5.26 Å². The zero-order valence-corrected chi connectivity index (χ0v) is 7.93. The fraction of sp³-hybridized carbons (Fsp3) is 0.273. The van der Waals surface area contributed by atoms with Crippen LogP contribution >= 0.6 is 0 Å². The van der Waals surface area contributed by atoms with Crippen molar-refractivity contribution in [2.75, 3.05) is 0 Å². The van der Waals surface area contributed by atoms with Crippen LogP contribution in [0.1, 0.15) is 24.8 Å². The molecule has 0 saturated heterocycles. The lowest BCUT2D eigenvalue weighted by molar-refractivity contribution is -0.138. The molecule has 0 bridgehead atoms. The van der Waals surface area contributed by atoms with Gasteiger partial charge in [0.25, 0.3) is 6.26 Å². The molecule has 1 atom stereocenters. The molecule has 3 nitrogen and oxygen atoms in total. The molecule has 0 spiro atoms. The maximum absolute atomic E-state index is 11.3. The summed E-state index contributed by atoms with van der Waals surface area (Å²) in [4.78, 5) is 11.3. The van der Waals surface area contributed by atoms with Crippen molar-refractivity contribution in [3.8, 4) is 6.26 Å². The molecule has 0 heterocycles. The summed E-state index contributed by atoms with van der Waals surface area (Å²) in [5.41, 5.74) is 0.884. The highest BCUT2D eigenvalue weighted by molar-refractivity contribution is 5.78. The topological polar surface area (TPSA) is 50.1 Å². The molecule has 1 aromatic carbocycles. The van der Waals surface area contributed by atoms with Gasteiger partial charge < -0.3 is 4.74 Å². The van der Waals surface area contributed by atoms with E-state index in [0.717, 1.165) is 5.56 Å². The summed E-state index contributed by atoms with van der Waals surface area (Å²) in [6.07, 6.45) is 2.03. The van der Waals surface area contributed by atoms with Crippen molar-refractivity contribution in [3.05, 3.63) is 35.9 Å². The third kappa shape index (κ3) is 2.33. The van der Waals surface area contributed by atoms with Gasteiger partial charge in [-0.2, -0.15) is 0 Å². The minimum absolute atomic E-state index is 0.337. The van der Waals surface area contributed by atoms with Crippen LogP contribution in [0.25, 0.3) is 0 Å². The fourth-order valence-electron chi connectivity index (χ4n) is 1.34. The first-order chi connectivity index (χ1) is 6.79. The summed E-state index contributed by atoms with van der Waals surface area (Å²) in [5, 5.41) is 8.23. The van der Waals surface area contributed by atoms with Crippen LogP contribution < -0.4 is 0 Å². The van der Waals surface area contributed by atoms with Gasteiger partial charge in [0.15, 0.2) is 0 Å². The minimum Gasteiger partial charge on any atom is -0.350 e. The lowest BCUT2D eigenvalue weighted by Crippen LogP contribution is -2.12. The standard InChI is InChI=1S/C11H11NO2/c1-2-10(11(13)14-8-12)9-6-4-3-5-7-9/h3-7,10H,2H2,1H3. The van der Waals surface area contributed by atoms with Gasteiger partial charge in [-0.05, 0) is 12.0 Å². The number of esters is 1. The summed E-state index contributed by atoms with van der Waals surface area (Å²) in [5.74, 6) is -0.822. The third-order valence-corrected chi connectivity index (χ3v) is 2.04. The molecular formula is C11H11NO2. The molecule has 0 saturated carbocycles. The number of carbonyl (C=O) groups is 1. The van der Waals surface area contributed by atoms with Gasteiger partial charge in [0.05, 0.1) is 5.92 Å². The van der Waals surface area contributed by atoms with Gasteiger partial charge >= 0.3 is 5.97 Å². The molecule has 0 aliphatic heterocycles. The van der Waals surface area contributed by atoms with E-state index in [0.29, 0.717) is 6.42 Å². The first kappa shape index (κ1) is 10.3. The molecular weight excluding hydrogens is 178 g/mol. The van der Waals surface area contributed by atoms with Gasteiger partial charge in [0.2, 0.25) is 0 Å². The Morgan fingerprint density at radius 2 is 2.14 bits per heavy atom. The Kier molecular flexibility index (Phi) is 3.69. The molecule has 14 heavy (non-hydrogen) atoms. The summed E-state index contributed by atoms with van der Waals surface area (Å²) in [7, 11) is 0. The molecule has 0 aromatic heterocycles. The average Bonchev–Trinajstić information content (AvgIpc) is 2.21. The second-order valence-electron chi connectivity index (χ2n) is 2.88. The Morgan fingerprint density at radius 3 is 2.64 bits per heavy atom. The number of carbonyl (C=O) groups excluding carboxylic acids is 1. The summed E-state index contributed by atoms with van der Waals surface area (Å²) < 4.78 is 4.32. The van der Waals surface area contributed by atoms with E-state index in [1.54, 1.807) is 0 Å². The van der Waals surface area contributed by atoms with Crippen LogP contribution in [0, 0.1) is 11.5 Å². The van der Waals surface area contributed by atoms with E-state index in [9.17, 15) is 4.79 Å². The van der Waals surface area contributed by atoms with E-state index in [4.69, 9.17) is 5.26 Å². The van der Waals surface area contributed by atoms with Crippen LogP contribution in [-0.4, -0.2) is 5.97 Å². The van der Waals surface area contributed by atoms with Crippen LogP contribution in [0.15, 0.2) is 30.3 Å². The predicted molar refractivity (Wildman–Crippen MR) is 51.2 cm³/mol. The maximum atomic E-state index is 11.3. The van der Waals surface area contributed by atoms with Crippen molar-refractivity contribution >= 4 is 5.97 Å². The number of rotatable bonds is 3. The SMILES string of the molecule is CCC(C(=O)OC#N)c1ccccc1. The normalized spacial score (nSPS) is 11.4. The number of nitrogens with zero attached hydrogens (tertiary/aromatic N) is 1. The lowest BCUT2D eigenvalue weighted by atomic mass is 9.97. The maximum Gasteiger partial charge on any atom is 0.329 e. The predicted octanol–water partition coefficient (Wildman–Crippen LogP) is 2.20. The molecule has 72 valence electrons. The Labute approximate surface area is 82.9 Å². The fourth-order valence-corrected chi connectivity index (χ4v) is 1.34. The molecule has 1 aromatic rings. The summed E-state index contributed by atoms with van der Waals surface area (Å²) in [6.45, 7) is 1.89. The molecule has 0 radical (unpaired) electrons. The molecule has 1 rings (SSSR count). The average molecular weight is 189 g/mol. The minimum atomic E-state index is -0.485. The lowest BCUT2D eigenvalue weighted by Gasteiger charge is -2.10. The Balaban J connectivity index is 2.83. The van der Waals surface area contributed by atoms with Gasteiger partial charge in [0, 0.05) is 0 Å². The Bertz CT molecular complexity index is 340. The second-order valence-corrected chi connectivity index (χ2v) is 2.88. The van der Waals surface area contributed by atoms with Crippen LogP contribution in [0.3, 0.4) is 0 Å². The zero-order chi connectivity index (χ0) is 10.4. The first-order valence-electron chi connectivity index (χ1n) is 4.44. The van der Waals surface area contributed by atoms with Crippen LogP contribution in [0.4, 0.5) is 0 Å². The summed E-state index contributed by atoms with van der Waals surface area (Å²) >= 11 is 0. The highest BCUT2D eigenvalue weighted by Crippen LogP contribution is 2.20. The monoisotopic (exact) mass is 189 g/mol. The van der Waals surface area contributed by atoms with E-state index in [1.807, 2.05) is 37.3 Å². The molecule has 0 N–H and O–H groups in total. The molecule has 3 heteroatoms. The quantitative estimate of drug-likeness (QED) is 0.541. The highest BCUT2D eigenvalue weighted by Gasteiger charge is 2.19. The van der Waals surface area contributed by atoms with E-state index < -0.39 is 5.97 Å². The molecule has 1 unspecified atom stereocenters. The van der Waals surface area contributed by atoms with Crippen molar-refractivity contribution in [2.45, 2.75) is 19.3 Å². The van der Waals surface area contributed by atoms with Gasteiger partial charge in [-0.15, -0.1) is 5.26 Å². The van der Waals surface area contributed by atoms with Crippen LogP contribution in [0.5, 0.6) is 0 Å². The second kappa shape index (κ2) is 5.03. The number of nitriles is 1. The van der Waals surface area contributed by atoms with Gasteiger partial charge in [-0.25, -0.2) is 0 Å². The van der Waals surface area contributed by atoms with Crippen LogP contribution in [0.2, 0.25) is 0 Å². The van der Waals surface area contributed by atoms with E-state index in [2.05, 4.69) is 4.74 Å². The third-order valence-electron chi connectivity index (χ3n) is 2.04. The van der Waals surface area contributed by atoms with E-state index in [-0.39, 0.29) is 5.92 Å². The smallest absolute Gasteiger partial charge is 0.329 e. The van der Waals surface area contributed by atoms with Crippen molar-refractivity contribution in [2.24, 2.45) is 0 Å². The number of hydrogen-bond acceptors (Lipinski definition) is 3. The number of benzene rings is 1. The molecule has 0 amide bonds. The molecule has 0 aliphatic carbocycles.